The molecule has 1 heterocycles. The summed E-state index contributed by atoms with van der Waals surface area (Å²) in [6.45, 7) is 2.45. The first-order valence-electron chi connectivity index (χ1n) is 8.34. The number of amides is 1. The summed E-state index contributed by atoms with van der Waals surface area (Å²) in [5.74, 6) is -0.0573. The number of hydrogen-bond acceptors (Lipinski definition) is 7. The van der Waals surface area contributed by atoms with E-state index in [2.05, 4.69) is 15.6 Å². The molecule has 0 bridgehead atoms. The molecule has 0 saturated heterocycles. The molecule has 144 valence electrons. The molecule has 2 aromatic carbocycles. The van der Waals surface area contributed by atoms with Crippen LogP contribution < -0.4 is 15.4 Å². The summed E-state index contributed by atoms with van der Waals surface area (Å²) in [4.78, 5) is 28.3. The molecule has 0 radical (unpaired) electrons. The molecule has 28 heavy (non-hydrogen) atoms. The van der Waals surface area contributed by atoms with E-state index in [0.717, 1.165) is 4.70 Å². The first kappa shape index (κ1) is 19.7. The molecule has 1 amide bonds. The number of carbonyl (C=O) groups is 2. The third kappa shape index (κ3) is 4.62. The Morgan fingerprint density at radius 3 is 2.54 bits per heavy atom. The van der Waals surface area contributed by atoms with E-state index >= 15 is 0 Å². The van der Waals surface area contributed by atoms with Gasteiger partial charge >= 0.3 is 5.97 Å². The lowest BCUT2D eigenvalue weighted by Crippen LogP contribution is -2.34. The second kappa shape index (κ2) is 8.77. The molecule has 0 spiro atoms. The Hall–Kier alpha value is -3.04. The third-order valence-electron chi connectivity index (χ3n) is 3.68. The summed E-state index contributed by atoms with van der Waals surface area (Å²) in [5, 5.41) is 6.14. The molecule has 0 aliphatic heterocycles. The Morgan fingerprint density at radius 2 is 1.86 bits per heavy atom. The van der Waals surface area contributed by atoms with Crippen molar-refractivity contribution < 1.29 is 19.1 Å². The fourth-order valence-electron chi connectivity index (χ4n) is 2.40. The second-order valence-corrected chi connectivity index (χ2v) is 7.00. The molecule has 3 aromatic rings. The van der Waals surface area contributed by atoms with Crippen LogP contribution in [0.1, 0.15) is 27.6 Å². The topological polar surface area (TPSA) is 89.5 Å². The molecule has 7 nitrogen and oxygen atoms in total. The number of hydrogen-bond donors (Lipinski definition) is 2. The van der Waals surface area contributed by atoms with Gasteiger partial charge in [-0.25, -0.2) is 9.78 Å². The Kier molecular flexibility index (Phi) is 6.17. The van der Waals surface area contributed by atoms with Gasteiger partial charge in [-0.2, -0.15) is 0 Å². The summed E-state index contributed by atoms with van der Waals surface area (Å²) >= 11 is 6.51. The maximum atomic E-state index is 12.3. The van der Waals surface area contributed by atoms with Crippen LogP contribution in [0, 0.1) is 0 Å². The minimum absolute atomic E-state index is 0.131. The molecule has 1 aromatic heterocycles. The number of methoxy groups -OCH3 is 1. The molecule has 0 aliphatic carbocycles. The van der Waals surface area contributed by atoms with Gasteiger partial charge in [0.15, 0.2) is 10.2 Å². The van der Waals surface area contributed by atoms with Crippen LogP contribution in [0.3, 0.4) is 0 Å². The number of carbonyl (C=O) groups excluding carboxylic acids is 2. The van der Waals surface area contributed by atoms with Crippen LogP contribution in [0.4, 0.5) is 5.13 Å². The number of rotatable bonds is 5. The van der Waals surface area contributed by atoms with E-state index in [1.807, 2.05) is 6.92 Å². The van der Waals surface area contributed by atoms with Crippen molar-refractivity contribution in [3.8, 4) is 5.75 Å². The standard InChI is InChI=1S/C19H17N3O4S2/c1-3-26-13-7-4-11(5-8-13)16(23)21-18(27)22-19-20-14-9-6-12(17(24)25-2)10-15(14)28-19/h4-10H,3H2,1-2H3,(H2,20,21,22,23,27). The first-order valence-corrected chi connectivity index (χ1v) is 9.56. The minimum atomic E-state index is -0.414. The Labute approximate surface area is 170 Å². The van der Waals surface area contributed by atoms with Crippen LogP contribution in [-0.4, -0.2) is 35.7 Å². The van der Waals surface area contributed by atoms with Gasteiger partial charge in [0, 0.05) is 5.56 Å². The van der Waals surface area contributed by atoms with Gasteiger partial charge in [0.25, 0.3) is 5.91 Å². The third-order valence-corrected chi connectivity index (χ3v) is 4.82. The monoisotopic (exact) mass is 415 g/mol. The summed E-state index contributed by atoms with van der Waals surface area (Å²) in [5.41, 5.74) is 1.61. The van der Waals surface area contributed by atoms with Gasteiger partial charge in [-0.05, 0) is 61.6 Å². The summed E-state index contributed by atoms with van der Waals surface area (Å²) in [7, 11) is 1.33. The van der Waals surface area contributed by atoms with Crippen LogP contribution in [-0.2, 0) is 4.74 Å². The molecule has 0 fully saturated rings. The van der Waals surface area contributed by atoms with Gasteiger partial charge in [-0.3, -0.25) is 10.1 Å². The number of thiocarbonyl (C=S) groups is 1. The van der Waals surface area contributed by atoms with Gasteiger partial charge in [-0.1, -0.05) is 11.3 Å². The summed E-state index contributed by atoms with van der Waals surface area (Å²) < 4.78 is 10.9. The molecular formula is C19H17N3O4S2. The summed E-state index contributed by atoms with van der Waals surface area (Å²) in [6.07, 6.45) is 0. The van der Waals surface area contributed by atoms with E-state index in [9.17, 15) is 9.59 Å². The largest absolute Gasteiger partial charge is 0.494 e. The highest BCUT2D eigenvalue weighted by Crippen LogP contribution is 2.27. The van der Waals surface area contributed by atoms with E-state index in [0.29, 0.717) is 34.1 Å². The zero-order valence-corrected chi connectivity index (χ0v) is 16.8. The fraction of sp³-hybridized carbons (Fsp3) is 0.158. The maximum absolute atomic E-state index is 12.3. The normalized spacial score (nSPS) is 10.4. The lowest BCUT2D eigenvalue weighted by molar-refractivity contribution is 0.0600. The van der Waals surface area contributed by atoms with Crippen LogP contribution >= 0.6 is 23.6 Å². The van der Waals surface area contributed by atoms with Crippen LogP contribution in [0.25, 0.3) is 10.2 Å². The molecule has 3 rings (SSSR count). The maximum Gasteiger partial charge on any atom is 0.337 e. The van der Waals surface area contributed by atoms with E-state index in [-0.39, 0.29) is 11.0 Å². The quantitative estimate of drug-likeness (QED) is 0.486. The first-order chi connectivity index (χ1) is 13.5. The van der Waals surface area contributed by atoms with E-state index in [1.165, 1.54) is 18.4 Å². The summed E-state index contributed by atoms with van der Waals surface area (Å²) in [6, 6.07) is 11.8. The highest BCUT2D eigenvalue weighted by atomic mass is 32.1. The predicted molar refractivity (Wildman–Crippen MR) is 112 cm³/mol. The molecule has 0 atom stereocenters. The molecule has 0 aliphatic rings. The van der Waals surface area contributed by atoms with Crippen LogP contribution in [0.2, 0.25) is 0 Å². The fourth-order valence-corrected chi connectivity index (χ4v) is 3.56. The number of fused-ring (bicyclic) bond motifs is 1. The van der Waals surface area contributed by atoms with Crippen molar-refractivity contribution in [2.24, 2.45) is 0 Å². The second-order valence-electron chi connectivity index (χ2n) is 5.56. The van der Waals surface area contributed by atoms with Gasteiger partial charge in [0.2, 0.25) is 0 Å². The van der Waals surface area contributed by atoms with Crippen LogP contribution in [0.5, 0.6) is 5.75 Å². The number of ether oxygens (including phenoxy) is 2. The lowest BCUT2D eigenvalue weighted by atomic mass is 10.2. The number of thiazole rings is 1. The number of benzene rings is 2. The zero-order chi connectivity index (χ0) is 20.1. The van der Waals surface area contributed by atoms with Gasteiger partial charge in [0.05, 0.1) is 29.5 Å². The smallest absolute Gasteiger partial charge is 0.337 e. The molecular weight excluding hydrogens is 398 g/mol. The lowest BCUT2D eigenvalue weighted by Gasteiger charge is -2.08. The minimum Gasteiger partial charge on any atom is -0.494 e. The van der Waals surface area contributed by atoms with E-state index in [1.54, 1.807) is 42.5 Å². The van der Waals surface area contributed by atoms with E-state index < -0.39 is 5.97 Å². The van der Waals surface area contributed by atoms with Crippen molar-refractivity contribution in [3.05, 3.63) is 53.6 Å². The van der Waals surface area contributed by atoms with Gasteiger partial charge < -0.3 is 14.8 Å². The molecule has 0 saturated carbocycles. The predicted octanol–water partition coefficient (Wildman–Crippen LogP) is 3.61. The van der Waals surface area contributed by atoms with Crippen molar-refractivity contribution >= 4 is 55.9 Å². The molecule has 0 unspecified atom stereocenters. The Bertz CT molecular complexity index is 1030. The van der Waals surface area contributed by atoms with Crippen LogP contribution in [0.15, 0.2) is 42.5 Å². The van der Waals surface area contributed by atoms with Crippen molar-refractivity contribution in [2.45, 2.75) is 6.92 Å². The number of aromatic nitrogens is 1. The van der Waals surface area contributed by atoms with Gasteiger partial charge in [-0.15, -0.1) is 0 Å². The number of nitrogens with zero attached hydrogens (tertiary/aromatic N) is 1. The Morgan fingerprint density at radius 1 is 1.14 bits per heavy atom. The molecule has 9 heteroatoms. The average molecular weight is 415 g/mol. The van der Waals surface area contributed by atoms with Gasteiger partial charge in [0.1, 0.15) is 5.75 Å². The van der Waals surface area contributed by atoms with Crippen molar-refractivity contribution in [2.75, 3.05) is 19.0 Å². The Balaban J connectivity index is 1.65. The highest BCUT2D eigenvalue weighted by Gasteiger charge is 2.12. The zero-order valence-electron chi connectivity index (χ0n) is 15.1. The SMILES string of the molecule is CCOc1ccc(C(=O)NC(=S)Nc2nc3ccc(C(=O)OC)cc3s2)cc1. The van der Waals surface area contributed by atoms with E-state index in [4.69, 9.17) is 21.7 Å². The average Bonchev–Trinajstić information content (AvgIpc) is 3.09. The number of anilines is 1. The van der Waals surface area contributed by atoms with Crippen molar-refractivity contribution in [3.63, 3.8) is 0 Å². The van der Waals surface area contributed by atoms with Crippen molar-refractivity contribution in [1.82, 2.24) is 10.3 Å². The highest BCUT2D eigenvalue weighted by molar-refractivity contribution is 7.80. The van der Waals surface area contributed by atoms with Crippen molar-refractivity contribution in [1.29, 1.82) is 0 Å². The number of nitrogens with one attached hydrogen (secondary N) is 2. The molecule has 2 N–H and O–H groups in total. The number of esters is 1.